The van der Waals surface area contributed by atoms with Crippen LogP contribution in [0.15, 0.2) is 0 Å². The SMILES string of the molecule is CC(C)(C)N(N)C(C)(C)C.CC(C)(C)N(N)C(C)(C)C.O=C(O)CCC(=O)O. The molecule has 0 amide bonds. The molecule has 170 valence electrons. The Morgan fingerprint density at radius 1 is 0.571 bits per heavy atom. The quantitative estimate of drug-likeness (QED) is 0.414. The van der Waals surface area contributed by atoms with Crippen LogP contribution >= 0.6 is 0 Å². The topological polar surface area (TPSA) is 133 Å². The van der Waals surface area contributed by atoms with Crippen LogP contribution < -0.4 is 11.7 Å². The fourth-order valence-electron chi connectivity index (χ4n) is 2.23. The molecule has 0 aliphatic heterocycles. The summed E-state index contributed by atoms with van der Waals surface area (Å²) >= 11 is 0. The third kappa shape index (κ3) is 18.2. The lowest BCUT2D eigenvalue weighted by Gasteiger charge is -2.41. The van der Waals surface area contributed by atoms with Gasteiger partial charge in [-0.3, -0.25) is 21.3 Å². The number of rotatable bonds is 3. The van der Waals surface area contributed by atoms with E-state index >= 15 is 0 Å². The van der Waals surface area contributed by atoms with Crippen molar-refractivity contribution in [3.63, 3.8) is 0 Å². The molecule has 8 nitrogen and oxygen atoms in total. The van der Waals surface area contributed by atoms with Crippen LogP contribution in [0.4, 0.5) is 0 Å². The molecule has 0 aliphatic rings. The molecule has 0 unspecified atom stereocenters. The van der Waals surface area contributed by atoms with Crippen LogP contribution in [-0.2, 0) is 9.59 Å². The van der Waals surface area contributed by atoms with Crippen LogP contribution in [-0.4, -0.2) is 54.3 Å². The maximum absolute atomic E-state index is 9.64. The number of nitrogens with zero attached hydrogens (tertiary/aromatic N) is 2. The Morgan fingerprint density at radius 2 is 0.714 bits per heavy atom. The molecule has 0 aliphatic carbocycles. The molecule has 0 aromatic carbocycles. The van der Waals surface area contributed by atoms with Crippen LogP contribution in [0.5, 0.6) is 0 Å². The minimum Gasteiger partial charge on any atom is -0.481 e. The predicted octanol–water partition coefficient (Wildman–Crippen LogP) is 3.45. The first-order chi connectivity index (χ1) is 11.9. The van der Waals surface area contributed by atoms with Gasteiger partial charge in [0.25, 0.3) is 0 Å². The molecule has 8 heteroatoms. The Hall–Kier alpha value is -1.22. The number of nitrogens with two attached hydrogens (primary N) is 2. The van der Waals surface area contributed by atoms with Gasteiger partial charge in [-0.25, -0.2) is 10.0 Å². The summed E-state index contributed by atoms with van der Waals surface area (Å²) in [5, 5.41) is 19.5. The van der Waals surface area contributed by atoms with Gasteiger partial charge < -0.3 is 10.2 Å². The molecule has 0 aromatic heterocycles. The smallest absolute Gasteiger partial charge is 0.303 e. The van der Waals surface area contributed by atoms with Crippen molar-refractivity contribution in [2.75, 3.05) is 0 Å². The van der Waals surface area contributed by atoms with Gasteiger partial charge in [-0.05, 0) is 83.1 Å². The number of hydrazine groups is 2. The van der Waals surface area contributed by atoms with Crippen molar-refractivity contribution in [1.29, 1.82) is 0 Å². The first-order valence-corrected chi connectivity index (χ1v) is 9.47. The highest BCUT2D eigenvalue weighted by molar-refractivity contribution is 5.75. The van der Waals surface area contributed by atoms with Gasteiger partial charge in [-0.2, -0.15) is 0 Å². The van der Waals surface area contributed by atoms with Crippen LogP contribution in [0.2, 0.25) is 0 Å². The van der Waals surface area contributed by atoms with Gasteiger partial charge in [0.2, 0.25) is 0 Å². The van der Waals surface area contributed by atoms with E-state index in [4.69, 9.17) is 21.9 Å². The van der Waals surface area contributed by atoms with Crippen LogP contribution in [0.1, 0.15) is 95.9 Å². The van der Waals surface area contributed by atoms with E-state index in [1.54, 1.807) is 0 Å². The van der Waals surface area contributed by atoms with Crippen molar-refractivity contribution >= 4 is 11.9 Å². The summed E-state index contributed by atoms with van der Waals surface area (Å²) in [5.41, 5.74) is 0.215. The fourth-order valence-corrected chi connectivity index (χ4v) is 2.23. The van der Waals surface area contributed by atoms with Crippen molar-refractivity contribution in [2.24, 2.45) is 11.7 Å². The highest BCUT2D eigenvalue weighted by Crippen LogP contribution is 2.20. The zero-order valence-corrected chi connectivity index (χ0v) is 20.2. The first-order valence-electron chi connectivity index (χ1n) is 9.47. The minimum absolute atomic E-state index is 0.0538. The second-order valence-electron chi connectivity index (χ2n) is 10.7. The molecular weight excluding hydrogens is 360 g/mol. The molecule has 0 aromatic rings. The van der Waals surface area contributed by atoms with Gasteiger partial charge in [0, 0.05) is 22.2 Å². The summed E-state index contributed by atoms with van der Waals surface area (Å²) in [4.78, 5) is 19.3. The first kappa shape index (κ1) is 31.5. The highest BCUT2D eigenvalue weighted by Gasteiger charge is 2.28. The van der Waals surface area contributed by atoms with Crippen LogP contribution in [0, 0.1) is 0 Å². The number of carboxylic acid groups (broad SMARTS) is 2. The van der Waals surface area contributed by atoms with Crippen molar-refractivity contribution < 1.29 is 19.8 Å². The fraction of sp³-hybridized carbons (Fsp3) is 0.900. The monoisotopic (exact) mass is 406 g/mol. The van der Waals surface area contributed by atoms with E-state index < -0.39 is 11.9 Å². The average Bonchev–Trinajstić information content (AvgIpc) is 2.41. The van der Waals surface area contributed by atoms with Gasteiger partial charge in [-0.15, -0.1) is 0 Å². The molecule has 0 saturated heterocycles. The Morgan fingerprint density at radius 3 is 0.750 bits per heavy atom. The second-order valence-corrected chi connectivity index (χ2v) is 10.7. The summed E-state index contributed by atoms with van der Waals surface area (Å²) in [6.07, 6.45) is -0.593. The van der Waals surface area contributed by atoms with Crippen LogP contribution in [0.3, 0.4) is 0 Å². The number of carboxylic acids is 2. The summed E-state index contributed by atoms with van der Waals surface area (Å²) in [7, 11) is 0. The number of hydrogen-bond acceptors (Lipinski definition) is 6. The van der Waals surface area contributed by atoms with Gasteiger partial charge in [0.05, 0.1) is 12.8 Å². The Bertz CT molecular complexity index is 395. The van der Waals surface area contributed by atoms with Crippen molar-refractivity contribution in [2.45, 2.75) is 118 Å². The zero-order chi connectivity index (χ0) is 23.7. The third-order valence-electron chi connectivity index (χ3n) is 3.44. The van der Waals surface area contributed by atoms with E-state index in [9.17, 15) is 9.59 Å². The highest BCUT2D eigenvalue weighted by atomic mass is 16.4. The van der Waals surface area contributed by atoms with Gasteiger partial charge in [0.1, 0.15) is 0 Å². The van der Waals surface area contributed by atoms with Crippen molar-refractivity contribution in [1.82, 2.24) is 10.0 Å². The summed E-state index contributed by atoms with van der Waals surface area (Å²) in [6.45, 7) is 25.3. The predicted molar refractivity (Wildman–Crippen MR) is 116 cm³/mol. The van der Waals surface area contributed by atoms with E-state index in [0.717, 1.165) is 0 Å². The largest absolute Gasteiger partial charge is 0.481 e. The Balaban J connectivity index is -0.000000337. The van der Waals surface area contributed by atoms with Crippen molar-refractivity contribution in [3.05, 3.63) is 0 Å². The van der Waals surface area contributed by atoms with E-state index in [1.165, 1.54) is 0 Å². The molecule has 0 rings (SSSR count). The van der Waals surface area contributed by atoms with Gasteiger partial charge >= 0.3 is 11.9 Å². The molecule has 0 atom stereocenters. The average molecular weight is 407 g/mol. The number of carbonyl (C=O) groups is 2. The van der Waals surface area contributed by atoms with Gasteiger partial charge in [0.15, 0.2) is 0 Å². The molecule has 0 heterocycles. The lowest BCUT2D eigenvalue weighted by atomic mass is 9.99. The molecule has 6 N–H and O–H groups in total. The Labute approximate surface area is 172 Å². The summed E-state index contributed by atoms with van der Waals surface area (Å²) in [5.74, 6) is 9.57. The summed E-state index contributed by atoms with van der Waals surface area (Å²) < 4.78 is 0. The van der Waals surface area contributed by atoms with E-state index in [-0.39, 0.29) is 35.0 Å². The molecule has 0 bridgehead atoms. The minimum atomic E-state index is -1.08. The maximum Gasteiger partial charge on any atom is 0.303 e. The van der Waals surface area contributed by atoms with E-state index in [2.05, 4.69) is 83.1 Å². The molecular formula is C20H46N4O4. The lowest BCUT2D eigenvalue weighted by Crippen LogP contribution is -2.56. The summed E-state index contributed by atoms with van der Waals surface area (Å²) in [6, 6.07) is 0. The molecule has 0 fully saturated rings. The Kier molecular flexibility index (Phi) is 13.2. The number of aliphatic carboxylic acids is 2. The third-order valence-corrected chi connectivity index (χ3v) is 3.44. The van der Waals surface area contributed by atoms with Crippen molar-refractivity contribution in [3.8, 4) is 0 Å². The molecule has 0 radical (unpaired) electrons. The van der Waals surface area contributed by atoms with Crippen LogP contribution in [0.25, 0.3) is 0 Å². The maximum atomic E-state index is 9.64. The second kappa shape index (κ2) is 11.7. The van der Waals surface area contributed by atoms with E-state index in [0.29, 0.717) is 0 Å². The van der Waals surface area contributed by atoms with E-state index in [1.807, 2.05) is 10.0 Å². The van der Waals surface area contributed by atoms with Gasteiger partial charge in [-0.1, -0.05) is 0 Å². The molecule has 0 spiro atoms. The normalized spacial score (nSPS) is 12.7. The zero-order valence-electron chi connectivity index (χ0n) is 20.2. The lowest BCUT2D eigenvalue weighted by molar-refractivity contribution is -0.143. The molecule has 28 heavy (non-hydrogen) atoms. The molecule has 0 saturated carbocycles. The number of hydrogen-bond donors (Lipinski definition) is 4. The standard InChI is InChI=1S/2C8H20N2.C4H6O4/c2*1-7(2,3)10(9)8(4,5)6;5-3(6)1-2-4(7)8/h2*9H2,1-6H3;1-2H2,(H,5,6)(H,7,8).